The van der Waals surface area contributed by atoms with Gasteiger partial charge in [0.2, 0.25) is 0 Å². The Hall–Kier alpha value is 0.462. The van der Waals surface area contributed by atoms with E-state index in [0.29, 0.717) is 15.8 Å². The van der Waals surface area contributed by atoms with Crippen LogP contribution in [0.15, 0.2) is 0 Å². The summed E-state index contributed by atoms with van der Waals surface area (Å²) in [4.78, 5) is 17.8. The number of aliphatic carboxylic acids is 2. The molecule has 0 amide bonds. The average molecular weight is 669 g/mol. The van der Waals surface area contributed by atoms with Crippen LogP contribution in [-0.2, 0) is 30.0 Å². The first-order valence-corrected chi connectivity index (χ1v) is 19.3. The van der Waals surface area contributed by atoms with E-state index in [1.807, 2.05) is 0 Å². The Bertz CT molecular complexity index is 395. The van der Waals surface area contributed by atoms with Gasteiger partial charge >= 0.3 is 20.4 Å². The summed E-state index contributed by atoms with van der Waals surface area (Å²) in [6, 6.07) is 0. The van der Waals surface area contributed by atoms with E-state index in [1.54, 1.807) is 43.4 Å². The molecule has 0 saturated carbocycles. The molecule has 38 heavy (non-hydrogen) atoms. The smallest absolute Gasteiger partial charge is 0.550 e. The zero-order valence-electron chi connectivity index (χ0n) is 26.1. The first-order valence-electron chi connectivity index (χ1n) is 15.5. The van der Waals surface area contributed by atoms with Gasteiger partial charge in [-0.1, -0.05) is 105 Å². The normalized spacial score (nSPS) is 10.3. The van der Waals surface area contributed by atoms with Gasteiger partial charge in [-0.3, -0.25) is 0 Å². The van der Waals surface area contributed by atoms with Crippen molar-refractivity contribution in [3.63, 3.8) is 0 Å². The summed E-state index contributed by atoms with van der Waals surface area (Å²) in [6.45, 7) is 11.3. The molecule has 4 nitrogen and oxygen atoms in total. The van der Waals surface area contributed by atoms with E-state index in [4.69, 9.17) is 19.8 Å². The van der Waals surface area contributed by atoms with Gasteiger partial charge in [0.15, 0.2) is 0 Å². The van der Waals surface area contributed by atoms with Crippen molar-refractivity contribution in [1.82, 2.24) is 0 Å². The minimum absolute atomic E-state index is 0. The van der Waals surface area contributed by atoms with Crippen molar-refractivity contribution in [1.29, 1.82) is 0 Å². The van der Waals surface area contributed by atoms with Gasteiger partial charge in [-0.2, -0.15) is 0 Å². The molecule has 7 heteroatoms. The minimum atomic E-state index is -1.08. The van der Waals surface area contributed by atoms with E-state index in [0.717, 1.165) is 13.8 Å². The maximum atomic E-state index is 8.89. The summed E-state index contributed by atoms with van der Waals surface area (Å²) in [5.41, 5.74) is 0. The number of rotatable bonds is 24. The van der Waals surface area contributed by atoms with Crippen LogP contribution in [0.25, 0.3) is 0 Å². The van der Waals surface area contributed by atoms with Crippen LogP contribution < -0.4 is 10.2 Å². The van der Waals surface area contributed by atoms with E-state index in [2.05, 4.69) is 27.7 Å². The molecule has 0 heterocycles. The minimum Gasteiger partial charge on any atom is -0.550 e. The molecular formula is C31H64O4P2Pd. The van der Waals surface area contributed by atoms with Crippen LogP contribution in [0.5, 0.6) is 0 Å². The fourth-order valence-corrected chi connectivity index (χ4v) is 9.72. The van der Waals surface area contributed by atoms with E-state index >= 15 is 0 Å². The van der Waals surface area contributed by atoms with Crippen molar-refractivity contribution in [3.05, 3.63) is 0 Å². The van der Waals surface area contributed by atoms with Crippen LogP contribution in [0.4, 0.5) is 0 Å². The Morgan fingerprint density at radius 3 is 0.789 bits per heavy atom. The van der Waals surface area contributed by atoms with Crippen molar-refractivity contribution < 1.29 is 40.2 Å². The van der Waals surface area contributed by atoms with Crippen molar-refractivity contribution >= 4 is 27.8 Å². The summed E-state index contributed by atoms with van der Waals surface area (Å²) in [5.74, 6) is -2.17. The summed E-state index contributed by atoms with van der Waals surface area (Å²) < 4.78 is 0. The molecule has 0 spiro atoms. The Morgan fingerprint density at radius 2 is 0.605 bits per heavy atom. The molecule has 0 aliphatic rings. The van der Waals surface area contributed by atoms with E-state index < -0.39 is 11.9 Å². The number of carbonyl (C=O) groups excluding carboxylic acids is 2. The number of hydrogen-bond acceptors (Lipinski definition) is 4. The Labute approximate surface area is 254 Å². The number of carbonyl (C=O) groups is 2. The van der Waals surface area contributed by atoms with Crippen LogP contribution in [0.2, 0.25) is 0 Å². The molecule has 0 aromatic heterocycles. The molecule has 0 aliphatic carbocycles. The van der Waals surface area contributed by atoms with Crippen molar-refractivity contribution in [3.8, 4) is 0 Å². The van der Waals surface area contributed by atoms with Gasteiger partial charge in [0.05, 0.1) is 0 Å². The van der Waals surface area contributed by atoms with Crippen molar-refractivity contribution in [2.75, 3.05) is 37.0 Å². The third-order valence-corrected chi connectivity index (χ3v) is 12.0. The molecule has 0 saturated heterocycles. The third-order valence-electron chi connectivity index (χ3n) is 6.26. The van der Waals surface area contributed by atoms with Crippen LogP contribution in [-0.4, -0.2) is 48.9 Å². The molecule has 0 aromatic rings. The third kappa shape index (κ3) is 49.4. The SMILES string of the molecule is CC(=O)[O-].CC(=O)[O-].CCCCCCP(CCCCCC)CCCP(CCCCCC)CCCCCC.[Pd+2]. The molecule has 0 fully saturated rings. The van der Waals surface area contributed by atoms with Crippen LogP contribution >= 0.6 is 15.8 Å². The molecule has 0 aromatic carbocycles. The summed E-state index contributed by atoms with van der Waals surface area (Å²) >= 11 is 0. The molecule has 232 valence electrons. The van der Waals surface area contributed by atoms with Gasteiger partial charge in [0, 0.05) is 11.9 Å². The van der Waals surface area contributed by atoms with Crippen LogP contribution in [0.1, 0.15) is 151 Å². The molecule has 0 aliphatic heterocycles. The molecule has 0 radical (unpaired) electrons. The fraction of sp³-hybridized carbons (Fsp3) is 0.935. The Morgan fingerprint density at radius 1 is 0.421 bits per heavy atom. The van der Waals surface area contributed by atoms with Crippen LogP contribution in [0, 0.1) is 0 Å². The number of carboxylic acid groups (broad SMARTS) is 2. The summed E-state index contributed by atoms with van der Waals surface area (Å²) in [5, 5.41) is 17.8. The topological polar surface area (TPSA) is 80.3 Å². The van der Waals surface area contributed by atoms with Gasteiger partial charge in [-0.15, -0.1) is 15.8 Å². The largest absolute Gasteiger partial charge is 2.00 e. The standard InChI is InChI=1S/C27H58P2.2C2H4O2.Pd/c1-5-9-13-17-22-28(23-18-14-10-6-2)26-21-27-29(24-19-15-11-7-3)25-20-16-12-8-4;2*1-2(3)4;/h5-27H2,1-4H3;2*1H3,(H,3,4);/q;;;+2/p-2. The first kappa shape index (κ1) is 45.5. The molecule has 0 atom stereocenters. The van der Waals surface area contributed by atoms with Crippen molar-refractivity contribution in [2.24, 2.45) is 0 Å². The summed E-state index contributed by atoms with van der Waals surface area (Å²) in [6.07, 6.45) is 34.6. The van der Waals surface area contributed by atoms with E-state index in [-0.39, 0.29) is 20.4 Å². The zero-order valence-corrected chi connectivity index (χ0v) is 29.5. The first-order chi connectivity index (χ1) is 17.7. The molecule has 0 rings (SSSR count). The van der Waals surface area contributed by atoms with Gasteiger partial charge in [-0.05, 0) is 82.9 Å². The number of hydrogen-bond donors (Lipinski definition) is 0. The monoisotopic (exact) mass is 668 g/mol. The van der Waals surface area contributed by atoms with Gasteiger partial charge in [0.1, 0.15) is 0 Å². The maximum Gasteiger partial charge on any atom is 2.00 e. The second kappa shape index (κ2) is 39.6. The number of carboxylic acids is 2. The molecule has 0 N–H and O–H groups in total. The van der Waals surface area contributed by atoms with Gasteiger partial charge in [-0.25, -0.2) is 0 Å². The second-order valence-corrected chi connectivity index (χ2v) is 15.6. The quantitative estimate of drug-likeness (QED) is 0.0590. The fourth-order valence-electron chi connectivity index (χ4n) is 4.24. The zero-order chi connectivity index (χ0) is 28.6. The molecule has 0 unspecified atom stereocenters. The summed E-state index contributed by atoms with van der Waals surface area (Å²) in [7, 11) is 0.697. The predicted octanol–water partition coefficient (Wildman–Crippen LogP) is 8.17. The Balaban J connectivity index is -0.000000559. The van der Waals surface area contributed by atoms with Gasteiger partial charge < -0.3 is 19.8 Å². The van der Waals surface area contributed by atoms with Crippen molar-refractivity contribution in [2.45, 2.75) is 151 Å². The molecule has 0 bridgehead atoms. The average Bonchev–Trinajstić information content (AvgIpc) is 2.83. The number of unbranched alkanes of at least 4 members (excludes halogenated alkanes) is 12. The van der Waals surface area contributed by atoms with E-state index in [1.165, 1.54) is 103 Å². The van der Waals surface area contributed by atoms with Gasteiger partial charge in [0.25, 0.3) is 0 Å². The molecular weight excluding hydrogens is 605 g/mol. The predicted molar refractivity (Wildman–Crippen MR) is 166 cm³/mol. The maximum absolute atomic E-state index is 8.89. The Kier molecular flexibility index (Phi) is 47.4. The van der Waals surface area contributed by atoms with Crippen LogP contribution in [0.3, 0.4) is 0 Å². The van der Waals surface area contributed by atoms with E-state index in [9.17, 15) is 0 Å². The second-order valence-electron chi connectivity index (χ2n) is 10.3.